The van der Waals surface area contributed by atoms with E-state index in [1.165, 1.54) is 0 Å². The Kier molecular flexibility index (Phi) is 4.82. The molecule has 1 amide bonds. The number of ketones is 1. The van der Waals surface area contributed by atoms with E-state index in [0.717, 1.165) is 18.7 Å². The van der Waals surface area contributed by atoms with Gasteiger partial charge in [0.15, 0.2) is 5.78 Å². The Labute approximate surface area is 140 Å². The van der Waals surface area contributed by atoms with Gasteiger partial charge in [0.2, 0.25) is 5.91 Å². The Balaban J connectivity index is 1.50. The number of benzene rings is 1. The van der Waals surface area contributed by atoms with E-state index in [1.54, 1.807) is 30.5 Å². The number of hydrogen-bond donors (Lipinski definition) is 0. The Morgan fingerprint density at radius 1 is 1.17 bits per heavy atom. The maximum atomic E-state index is 12.3. The molecule has 0 bridgehead atoms. The van der Waals surface area contributed by atoms with Crippen LogP contribution < -0.4 is 0 Å². The van der Waals surface area contributed by atoms with Crippen LogP contribution in [0.25, 0.3) is 0 Å². The van der Waals surface area contributed by atoms with Gasteiger partial charge in [-0.2, -0.15) is 0 Å². The number of amides is 1. The highest BCUT2D eigenvalue weighted by Gasteiger charge is 2.28. The first-order valence-electron chi connectivity index (χ1n) is 7.73. The molecule has 0 spiro atoms. The summed E-state index contributed by atoms with van der Waals surface area (Å²) in [6.45, 7) is 1.39. The number of nitrogens with zero attached hydrogens (tertiary/aromatic N) is 1. The van der Waals surface area contributed by atoms with Gasteiger partial charge in [0, 0.05) is 42.4 Å². The van der Waals surface area contributed by atoms with E-state index in [4.69, 9.17) is 16.0 Å². The number of hydrogen-bond acceptors (Lipinski definition) is 3. The van der Waals surface area contributed by atoms with Crippen LogP contribution in [0.2, 0.25) is 5.02 Å². The molecule has 5 heteroatoms. The van der Waals surface area contributed by atoms with Gasteiger partial charge < -0.3 is 9.32 Å². The summed E-state index contributed by atoms with van der Waals surface area (Å²) in [6, 6.07) is 10.6. The van der Waals surface area contributed by atoms with Crippen LogP contribution in [0.15, 0.2) is 47.1 Å². The normalized spacial score (nSPS) is 17.4. The third-order valence-electron chi connectivity index (χ3n) is 4.22. The predicted molar refractivity (Wildman–Crippen MR) is 87.7 cm³/mol. The lowest BCUT2D eigenvalue weighted by molar-refractivity contribution is -0.130. The summed E-state index contributed by atoms with van der Waals surface area (Å²) in [5, 5.41) is 0.596. The number of likely N-dealkylation sites (tertiary alicyclic amines) is 1. The van der Waals surface area contributed by atoms with Gasteiger partial charge in [-0.1, -0.05) is 11.6 Å². The van der Waals surface area contributed by atoms with Crippen LogP contribution in [0.5, 0.6) is 0 Å². The van der Waals surface area contributed by atoms with Crippen molar-refractivity contribution in [3.05, 3.63) is 59.0 Å². The number of carbonyl (C=O) groups is 2. The number of rotatable bonds is 5. The largest absolute Gasteiger partial charge is 0.469 e. The van der Waals surface area contributed by atoms with Crippen molar-refractivity contribution in [1.82, 2.24) is 4.90 Å². The molecule has 1 fully saturated rings. The van der Waals surface area contributed by atoms with E-state index in [0.29, 0.717) is 17.1 Å². The summed E-state index contributed by atoms with van der Waals surface area (Å²) in [5.74, 6) is 1.19. The van der Waals surface area contributed by atoms with Gasteiger partial charge in [-0.25, -0.2) is 0 Å². The predicted octanol–water partition coefficient (Wildman–Crippen LogP) is 3.91. The lowest BCUT2D eigenvalue weighted by atomic mass is 10.1. The van der Waals surface area contributed by atoms with E-state index in [2.05, 4.69) is 0 Å². The van der Waals surface area contributed by atoms with Crippen LogP contribution in [0, 0.1) is 0 Å². The molecule has 1 unspecified atom stereocenters. The fourth-order valence-electron chi connectivity index (χ4n) is 2.90. The highest BCUT2D eigenvalue weighted by Crippen LogP contribution is 2.28. The molecular weight excluding hydrogens is 314 g/mol. The van der Waals surface area contributed by atoms with Gasteiger partial charge in [-0.3, -0.25) is 9.59 Å². The van der Waals surface area contributed by atoms with Crippen molar-refractivity contribution in [1.29, 1.82) is 0 Å². The molecule has 2 aromatic rings. The smallest absolute Gasteiger partial charge is 0.223 e. The van der Waals surface area contributed by atoms with Gasteiger partial charge in [-0.05, 0) is 42.8 Å². The zero-order valence-corrected chi connectivity index (χ0v) is 13.5. The zero-order valence-electron chi connectivity index (χ0n) is 12.7. The summed E-state index contributed by atoms with van der Waals surface area (Å²) in [7, 11) is 0. The van der Waals surface area contributed by atoms with Crippen molar-refractivity contribution in [3.8, 4) is 0 Å². The van der Waals surface area contributed by atoms with Gasteiger partial charge in [0.25, 0.3) is 0 Å². The Hall–Kier alpha value is -2.07. The molecule has 1 aromatic carbocycles. The standard InChI is InChI=1S/C18H18ClNO3/c19-15-5-3-13(4-6-15)16(21)7-8-18(22)20-10-9-14(12-20)17-2-1-11-23-17/h1-6,11,14H,7-10,12H2. The summed E-state index contributed by atoms with van der Waals surface area (Å²) in [5.41, 5.74) is 0.595. The van der Waals surface area contributed by atoms with Crippen molar-refractivity contribution in [2.24, 2.45) is 0 Å². The first-order valence-corrected chi connectivity index (χ1v) is 8.11. The van der Waals surface area contributed by atoms with Crippen LogP contribution in [0.4, 0.5) is 0 Å². The Morgan fingerprint density at radius 3 is 2.65 bits per heavy atom. The summed E-state index contributed by atoms with van der Waals surface area (Å²) >= 11 is 5.81. The van der Waals surface area contributed by atoms with Gasteiger partial charge >= 0.3 is 0 Å². The maximum absolute atomic E-state index is 12.3. The molecule has 1 aliphatic heterocycles. The van der Waals surface area contributed by atoms with E-state index < -0.39 is 0 Å². The molecule has 1 aliphatic rings. The van der Waals surface area contributed by atoms with E-state index in [-0.39, 0.29) is 30.4 Å². The SMILES string of the molecule is O=C(CCC(=O)N1CCC(c2ccco2)C1)c1ccc(Cl)cc1. The molecule has 23 heavy (non-hydrogen) atoms. The minimum absolute atomic E-state index is 0.0290. The monoisotopic (exact) mass is 331 g/mol. The molecule has 2 heterocycles. The fourth-order valence-corrected chi connectivity index (χ4v) is 3.03. The molecule has 1 atom stereocenters. The van der Waals surface area contributed by atoms with E-state index >= 15 is 0 Å². The van der Waals surface area contributed by atoms with Crippen molar-refractivity contribution in [3.63, 3.8) is 0 Å². The first kappa shape index (κ1) is 15.8. The van der Waals surface area contributed by atoms with Crippen molar-refractivity contribution >= 4 is 23.3 Å². The molecule has 120 valence electrons. The lowest BCUT2D eigenvalue weighted by Crippen LogP contribution is -2.28. The number of halogens is 1. The van der Waals surface area contributed by atoms with Gasteiger partial charge in [0.05, 0.1) is 6.26 Å². The average Bonchev–Trinajstić information content (AvgIpc) is 3.23. The van der Waals surface area contributed by atoms with Crippen LogP contribution >= 0.6 is 11.6 Å². The van der Waals surface area contributed by atoms with Crippen LogP contribution in [0.3, 0.4) is 0 Å². The summed E-state index contributed by atoms with van der Waals surface area (Å²) < 4.78 is 5.41. The number of Topliss-reactive ketones (excluding diaryl/α,β-unsaturated/α-hetero) is 1. The highest BCUT2D eigenvalue weighted by molar-refractivity contribution is 6.30. The second-order valence-corrected chi connectivity index (χ2v) is 6.21. The van der Waals surface area contributed by atoms with E-state index in [1.807, 2.05) is 17.0 Å². The number of carbonyl (C=O) groups excluding carboxylic acids is 2. The highest BCUT2D eigenvalue weighted by atomic mass is 35.5. The maximum Gasteiger partial charge on any atom is 0.223 e. The minimum atomic E-state index is -0.0307. The second kappa shape index (κ2) is 7.01. The number of furan rings is 1. The van der Waals surface area contributed by atoms with Crippen molar-refractivity contribution < 1.29 is 14.0 Å². The Bertz CT molecular complexity index is 679. The topological polar surface area (TPSA) is 50.5 Å². The van der Waals surface area contributed by atoms with Gasteiger partial charge in [-0.15, -0.1) is 0 Å². The van der Waals surface area contributed by atoms with Gasteiger partial charge in [0.1, 0.15) is 5.76 Å². The van der Waals surface area contributed by atoms with Crippen LogP contribution in [-0.4, -0.2) is 29.7 Å². The molecule has 4 nitrogen and oxygen atoms in total. The quantitative estimate of drug-likeness (QED) is 0.780. The summed E-state index contributed by atoms with van der Waals surface area (Å²) in [4.78, 5) is 26.2. The molecule has 3 rings (SSSR count). The minimum Gasteiger partial charge on any atom is -0.469 e. The first-order chi connectivity index (χ1) is 11.1. The molecular formula is C18H18ClNO3. The molecule has 1 aromatic heterocycles. The second-order valence-electron chi connectivity index (χ2n) is 5.77. The van der Waals surface area contributed by atoms with E-state index in [9.17, 15) is 9.59 Å². The van der Waals surface area contributed by atoms with Crippen LogP contribution in [-0.2, 0) is 4.79 Å². The molecule has 0 aliphatic carbocycles. The third kappa shape index (κ3) is 3.82. The molecule has 0 radical (unpaired) electrons. The lowest BCUT2D eigenvalue weighted by Gasteiger charge is -2.15. The molecule has 0 N–H and O–H groups in total. The van der Waals surface area contributed by atoms with Crippen molar-refractivity contribution in [2.75, 3.05) is 13.1 Å². The molecule has 1 saturated heterocycles. The summed E-state index contributed by atoms with van der Waals surface area (Å²) in [6.07, 6.45) is 3.03. The fraction of sp³-hybridized carbons (Fsp3) is 0.333. The average molecular weight is 332 g/mol. The van der Waals surface area contributed by atoms with Crippen LogP contribution in [0.1, 0.15) is 41.3 Å². The van der Waals surface area contributed by atoms with Crippen molar-refractivity contribution in [2.45, 2.75) is 25.2 Å². The third-order valence-corrected chi connectivity index (χ3v) is 4.47. The Morgan fingerprint density at radius 2 is 1.96 bits per heavy atom. The zero-order chi connectivity index (χ0) is 16.2. The molecule has 0 saturated carbocycles.